The summed E-state index contributed by atoms with van der Waals surface area (Å²) >= 11 is 6.28. The van der Waals surface area contributed by atoms with Crippen molar-refractivity contribution in [1.82, 2.24) is 0 Å². The van der Waals surface area contributed by atoms with Crippen LogP contribution in [0.1, 0.15) is 25.0 Å². The quantitative estimate of drug-likeness (QED) is 0.361. The third-order valence-corrected chi connectivity index (χ3v) is 5.71. The van der Waals surface area contributed by atoms with Gasteiger partial charge in [-0.05, 0) is 23.7 Å². The molecule has 0 aromatic heterocycles. The number of esters is 1. The first-order valence-corrected chi connectivity index (χ1v) is 9.93. The first-order chi connectivity index (χ1) is 13.1. The topological polar surface area (TPSA) is 26.3 Å². The zero-order valence-corrected chi connectivity index (χ0v) is 16.9. The number of halogens is 8. The van der Waals surface area contributed by atoms with Crippen LogP contribution in [0.4, 0.5) is 30.7 Å². The van der Waals surface area contributed by atoms with Crippen LogP contribution in [0.2, 0.25) is 0 Å². The molecule has 1 aromatic carbocycles. The van der Waals surface area contributed by atoms with Gasteiger partial charge in [-0.3, -0.25) is 4.79 Å². The van der Waals surface area contributed by atoms with E-state index in [1.165, 1.54) is 13.8 Å². The molecule has 29 heavy (non-hydrogen) atoms. The summed E-state index contributed by atoms with van der Waals surface area (Å²) in [6, 6.07) is 1.55. The Morgan fingerprint density at radius 3 is 2.31 bits per heavy atom. The maximum atomic E-state index is 14.3. The summed E-state index contributed by atoms with van der Waals surface area (Å²) in [5, 5.41) is -1.49. The second-order valence-corrected chi connectivity index (χ2v) is 8.38. The van der Waals surface area contributed by atoms with Crippen LogP contribution in [0.15, 0.2) is 23.2 Å². The summed E-state index contributed by atoms with van der Waals surface area (Å²) in [6.45, 7) is 2.74. The molecule has 0 heterocycles. The molecule has 1 aliphatic carbocycles. The smallest absolute Gasteiger partial charge is 0.397 e. The highest BCUT2D eigenvalue weighted by molar-refractivity contribution is 7.97. The largest absolute Gasteiger partial charge is 0.431 e. The molecule has 0 amide bonds. The average molecular weight is 465 g/mol. The van der Waals surface area contributed by atoms with Crippen molar-refractivity contribution >= 4 is 29.3 Å². The van der Waals surface area contributed by atoms with E-state index in [2.05, 4.69) is 4.74 Å². The van der Waals surface area contributed by atoms with E-state index in [-0.39, 0.29) is 11.3 Å². The fourth-order valence-corrected chi connectivity index (χ4v) is 3.69. The normalized spacial score (nSPS) is 21.8. The Hall–Kier alpha value is -1.42. The molecule has 1 fully saturated rings. The summed E-state index contributed by atoms with van der Waals surface area (Å²) < 4.78 is 98.4. The highest BCUT2D eigenvalue weighted by Gasteiger charge is 2.63. The molecule has 162 valence electrons. The van der Waals surface area contributed by atoms with Gasteiger partial charge in [0.2, 0.25) is 0 Å². The highest BCUT2D eigenvalue weighted by atomic mass is 35.5. The van der Waals surface area contributed by atoms with Crippen molar-refractivity contribution in [3.63, 3.8) is 0 Å². The van der Waals surface area contributed by atoms with Crippen molar-refractivity contribution in [3.05, 3.63) is 46.0 Å². The fraction of sp³-hybridized carbons (Fsp3) is 0.500. The van der Waals surface area contributed by atoms with Crippen LogP contribution in [0.5, 0.6) is 0 Å². The number of ether oxygens (including phenoxy) is 1. The Labute approximate surface area is 171 Å². The summed E-state index contributed by atoms with van der Waals surface area (Å²) in [5.74, 6) is -7.31. The van der Waals surface area contributed by atoms with Crippen molar-refractivity contribution < 1.29 is 40.3 Å². The number of allylic oxidation sites excluding steroid dienone is 2. The summed E-state index contributed by atoms with van der Waals surface area (Å²) in [6.07, 6.45) is -7.20. The molecule has 11 heteroatoms. The molecule has 2 nitrogen and oxygen atoms in total. The average Bonchev–Trinajstić information content (AvgIpc) is 3.11. The number of thioether (sulfide) groups is 1. The van der Waals surface area contributed by atoms with Crippen molar-refractivity contribution in [1.29, 1.82) is 0 Å². The van der Waals surface area contributed by atoms with Crippen LogP contribution in [-0.4, -0.2) is 18.4 Å². The second-order valence-electron chi connectivity index (χ2n) is 7.11. The lowest BCUT2D eigenvalue weighted by atomic mass is 10.1. The Balaban J connectivity index is 2.23. The molecule has 0 saturated heterocycles. The van der Waals surface area contributed by atoms with Crippen LogP contribution in [0.25, 0.3) is 0 Å². The van der Waals surface area contributed by atoms with Crippen molar-refractivity contribution in [2.24, 2.45) is 17.3 Å². The third-order valence-electron chi connectivity index (χ3n) is 4.77. The first kappa shape index (κ1) is 23.9. The van der Waals surface area contributed by atoms with Crippen molar-refractivity contribution in [2.75, 3.05) is 6.26 Å². The third kappa shape index (κ3) is 4.84. The predicted molar refractivity (Wildman–Crippen MR) is 94.3 cm³/mol. The van der Waals surface area contributed by atoms with Crippen LogP contribution in [0, 0.1) is 28.9 Å². The van der Waals surface area contributed by atoms with E-state index in [9.17, 15) is 35.5 Å². The van der Waals surface area contributed by atoms with Crippen LogP contribution >= 0.6 is 23.4 Å². The zero-order valence-electron chi connectivity index (χ0n) is 15.3. The van der Waals surface area contributed by atoms with Gasteiger partial charge in [0.15, 0.2) is 11.6 Å². The number of hydrogen-bond acceptors (Lipinski definition) is 3. The molecule has 2 unspecified atom stereocenters. The lowest BCUT2D eigenvalue weighted by Crippen LogP contribution is -2.26. The fourth-order valence-electron chi connectivity index (χ4n) is 3.02. The number of hydrogen-bond donors (Lipinski definition) is 0. The molecule has 1 aromatic rings. The van der Waals surface area contributed by atoms with E-state index in [4.69, 9.17) is 11.6 Å². The van der Waals surface area contributed by atoms with Gasteiger partial charge in [-0.15, -0.1) is 0 Å². The molecule has 0 radical (unpaired) electrons. The number of alkyl halides is 5. The van der Waals surface area contributed by atoms with Gasteiger partial charge in [0, 0.05) is 11.3 Å². The minimum atomic E-state index is -4.85. The van der Waals surface area contributed by atoms with Crippen molar-refractivity contribution in [3.8, 4) is 0 Å². The van der Waals surface area contributed by atoms with Gasteiger partial charge in [-0.2, -0.15) is 33.7 Å². The maximum Gasteiger partial charge on any atom is 0.431 e. The Morgan fingerprint density at radius 1 is 1.21 bits per heavy atom. The van der Waals surface area contributed by atoms with E-state index in [1.54, 1.807) is 6.26 Å². The Kier molecular flexibility index (Phi) is 6.59. The zero-order chi connectivity index (χ0) is 22.4. The van der Waals surface area contributed by atoms with E-state index in [0.29, 0.717) is 12.1 Å². The highest BCUT2D eigenvalue weighted by Crippen LogP contribution is 2.61. The number of carbonyl (C=O) groups excluding carboxylic acids is 1. The number of rotatable bonds is 6. The van der Waals surface area contributed by atoms with Gasteiger partial charge in [-0.1, -0.05) is 37.6 Å². The minimum Gasteiger partial charge on any atom is -0.397 e. The molecule has 2 rings (SSSR count). The molecular weight excluding hydrogens is 449 g/mol. The maximum absolute atomic E-state index is 14.3. The van der Waals surface area contributed by atoms with E-state index in [0.717, 1.165) is 17.8 Å². The van der Waals surface area contributed by atoms with Gasteiger partial charge in [-0.25, -0.2) is 8.78 Å². The summed E-state index contributed by atoms with van der Waals surface area (Å²) in [7, 11) is 0. The standard InChI is InChI=1S/C18H16ClF7O2S/c1-16(2)10(6-11(19)17(22,23)24)12(16)15(27)28-18(25,26)9-5-4-8(7-29-3)13(20)14(9)21/h4-6,10,12H,7H2,1-3H3. The molecule has 1 saturated carbocycles. The number of benzene rings is 1. The van der Waals surface area contributed by atoms with Crippen LogP contribution < -0.4 is 0 Å². The van der Waals surface area contributed by atoms with Gasteiger partial charge in [0.1, 0.15) is 10.6 Å². The van der Waals surface area contributed by atoms with Crippen LogP contribution in [-0.2, 0) is 21.4 Å². The summed E-state index contributed by atoms with van der Waals surface area (Å²) in [5.41, 5.74) is -2.76. The monoisotopic (exact) mass is 464 g/mol. The molecule has 1 aliphatic rings. The molecular formula is C18H16ClF7O2S. The molecule has 0 bridgehead atoms. The Bertz CT molecular complexity index is 836. The first-order valence-electron chi connectivity index (χ1n) is 8.16. The van der Waals surface area contributed by atoms with Gasteiger partial charge in [0.05, 0.1) is 5.92 Å². The van der Waals surface area contributed by atoms with Gasteiger partial charge < -0.3 is 4.74 Å². The lowest BCUT2D eigenvalue weighted by molar-refractivity contribution is -0.243. The van der Waals surface area contributed by atoms with Gasteiger partial charge >= 0.3 is 18.3 Å². The molecule has 0 aliphatic heterocycles. The van der Waals surface area contributed by atoms with E-state index in [1.807, 2.05) is 0 Å². The SMILES string of the molecule is CSCc1ccc(C(F)(F)OC(=O)C2C(C=C(Cl)C(F)(F)F)C2(C)C)c(F)c1F. The minimum absolute atomic E-state index is 0.0403. The summed E-state index contributed by atoms with van der Waals surface area (Å²) in [4.78, 5) is 12.1. The van der Waals surface area contributed by atoms with E-state index >= 15 is 0 Å². The molecule has 0 N–H and O–H groups in total. The van der Waals surface area contributed by atoms with E-state index < -0.39 is 57.7 Å². The second kappa shape index (κ2) is 8.02. The molecule has 2 atom stereocenters. The van der Waals surface area contributed by atoms with Gasteiger partial charge in [0.25, 0.3) is 0 Å². The predicted octanol–water partition coefficient (Wildman–Crippen LogP) is 6.38. The lowest BCUT2D eigenvalue weighted by Gasteiger charge is -2.19. The molecule has 0 spiro atoms. The van der Waals surface area contributed by atoms with Crippen molar-refractivity contribution in [2.45, 2.75) is 31.9 Å². The van der Waals surface area contributed by atoms with Crippen LogP contribution in [0.3, 0.4) is 0 Å². The Morgan fingerprint density at radius 2 is 1.79 bits per heavy atom. The number of carbonyl (C=O) groups is 1.